The first-order valence-electron chi connectivity index (χ1n) is 30.0. The Balaban J connectivity index is 4.22. The fraction of sp³-hybridized carbons (Fsp3) is 0.852. The van der Waals surface area contributed by atoms with E-state index in [1.807, 2.05) is 27.2 Å². The Hall–Kier alpha value is -1.54. The van der Waals surface area contributed by atoms with Gasteiger partial charge in [-0.3, -0.25) is 9.36 Å². The van der Waals surface area contributed by atoms with Crippen molar-refractivity contribution in [1.29, 1.82) is 0 Å². The zero-order valence-electron chi connectivity index (χ0n) is 47.0. The predicted molar refractivity (Wildman–Crippen MR) is 302 cm³/mol. The second kappa shape index (κ2) is 52.3. The molecule has 0 bridgehead atoms. The van der Waals surface area contributed by atoms with Crippen LogP contribution in [0.4, 0.5) is 0 Å². The van der Waals surface area contributed by atoms with Crippen LogP contribution in [0.15, 0.2) is 48.6 Å². The summed E-state index contributed by atoms with van der Waals surface area (Å²) in [6, 6.07) is -0.911. The fourth-order valence-corrected chi connectivity index (χ4v) is 9.49. The summed E-state index contributed by atoms with van der Waals surface area (Å²) in [7, 11) is 1.24. The van der Waals surface area contributed by atoms with Gasteiger partial charge in [0, 0.05) is 6.42 Å². The van der Waals surface area contributed by atoms with E-state index in [4.69, 9.17) is 9.05 Å². The van der Waals surface area contributed by atoms with Crippen LogP contribution in [0.3, 0.4) is 0 Å². The molecular weight excluding hydrogens is 888 g/mol. The number of carbonyl (C=O) groups is 1. The quantitative estimate of drug-likeness (QED) is 0.0272. The van der Waals surface area contributed by atoms with Crippen molar-refractivity contribution in [2.45, 2.75) is 296 Å². The maximum atomic E-state index is 13.0. The van der Waals surface area contributed by atoms with E-state index in [2.05, 4.69) is 55.6 Å². The number of nitrogens with zero attached hydrogens (tertiary/aromatic N) is 1. The molecule has 0 radical (unpaired) electrons. The van der Waals surface area contributed by atoms with Crippen LogP contribution in [0.2, 0.25) is 0 Å². The van der Waals surface area contributed by atoms with Crippen molar-refractivity contribution in [3.63, 3.8) is 0 Å². The second-order valence-corrected chi connectivity index (χ2v) is 23.1. The van der Waals surface area contributed by atoms with Gasteiger partial charge in [0.2, 0.25) is 5.91 Å². The summed E-state index contributed by atoms with van der Waals surface area (Å²) in [6.07, 6.45) is 69.1. The van der Waals surface area contributed by atoms with E-state index in [1.165, 1.54) is 218 Å². The number of aliphatic hydroxyl groups is 1. The third-order valence-electron chi connectivity index (χ3n) is 13.5. The number of nitrogens with one attached hydrogen (secondary N) is 1. The Bertz CT molecular complexity index is 1280. The smallest absolute Gasteiger partial charge is 0.268 e. The van der Waals surface area contributed by atoms with Gasteiger partial charge in [0.15, 0.2) is 0 Å². The minimum absolute atomic E-state index is 0.00928. The lowest BCUT2D eigenvalue weighted by Crippen LogP contribution is -2.45. The van der Waals surface area contributed by atoms with Crippen LogP contribution in [-0.4, -0.2) is 68.5 Å². The summed E-state index contributed by atoms with van der Waals surface area (Å²) < 4.78 is 23.3. The van der Waals surface area contributed by atoms with E-state index in [9.17, 15) is 19.4 Å². The minimum atomic E-state index is -4.61. The van der Waals surface area contributed by atoms with Gasteiger partial charge in [-0.25, -0.2) is 0 Å². The first-order valence-corrected chi connectivity index (χ1v) is 31.5. The van der Waals surface area contributed by atoms with Gasteiger partial charge < -0.3 is 28.8 Å². The molecular formula is C61H117N2O6P. The molecule has 0 aliphatic heterocycles. The van der Waals surface area contributed by atoms with Gasteiger partial charge in [0.1, 0.15) is 13.2 Å². The Morgan fingerprint density at radius 3 is 1.16 bits per heavy atom. The van der Waals surface area contributed by atoms with Crippen molar-refractivity contribution in [1.82, 2.24) is 5.32 Å². The molecule has 9 heteroatoms. The van der Waals surface area contributed by atoms with Crippen LogP contribution in [-0.2, 0) is 18.4 Å². The number of aliphatic hydroxyl groups excluding tert-OH is 1. The predicted octanol–water partition coefficient (Wildman–Crippen LogP) is 17.7. The number of unbranched alkanes of at least 4 members (excludes halogenated alkanes) is 36. The molecule has 3 atom stereocenters. The van der Waals surface area contributed by atoms with Crippen molar-refractivity contribution >= 4 is 13.7 Å². The van der Waals surface area contributed by atoms with E-state index < -0.39 is 26.6 Å². The van der Waals surface area contributed by atoms with Crippen molar-refractivity contribution in [3.8, 4) is 0 Å². The maximum absolute atomic E-state index is 13.0. The third-order valence-corrected chi connectivity index (χ3v) is 14.5. The Morgan fingerprint density at radius 2 is 0.800 bits per heavy atom. The zero-order valence-corrected chi connectivity index (χ0v) is 47.9. The highest BCUT2D eigenvalue weighted by Crippen LogP contribution is 2.38. The normalized spacial score (nSPS) is 14.2. The molecule has 0 saturated heterocycles. The average molecular weight is 1010 g/mol. The molecule has 8 nitrogen and oxygen atoms in total. The topological polar surface area (TPSA) is 108 Å². The third kappa shape index (κ3) is 54.2. The van der Waals surface area contributed by atoms with Crippen LogP contribution in [0, 0.1) is 0 Å². The largest absolute Gasteiger partial charge is 0.756 e. The number of quaternary nitrogens is 1. The fourth-order valence-electron chi connectivity index (χ4n) is 8.77. The summed E-state index contributed by atoms with van der Waals surface area (Å²) in [6.45, 7) is 4.65. The number of carbonyl (C=O) groups excluding carboxylic acids is 1. The highest BCUT2D eigenvalue weighted by Gasteiger charge is 2.23. The standard InChI is InChI=1S/C61H117N2O6P/c1-6-8-10-12-14-16-18-20-22-24-26-28-29-30-31-32-33-35-37-39-41-43-45-47-49-51-53-55-61(65)62-59(58-69-70(66,67)68-57-56-63(3,4)5)60(64)54-52-50-48-46-44-42-40-38-36-34-27-25-23-21-19-17-15-13-11-9-7-2/h30-31,36,38,44,46,52,54,59-60,64H,6-29,32-35,37,39-43,45,47-51,53,55-58H2,1-5H3,(H-,62,65,66,67)/b31-30-,38-36+,46-44+,54-52+. The monoisotopic (exact) mass is 1000 g/mol. The number of phosphoric ester groups is 1. The lowest BCUT2D eigenvalue weighted by Gasteiger charge is -2.29. The molecule has 0 aromatic rings. The van der Waals surface area contributed by atoms with Crippen LogP contribution < -0.4 is 10.2 Å². The van der Waals surface area contributed by atoms with Crippen molar-refractivity contribution in [3.05, 3.63) is 48.6 Å². The van der Waals surface area contributed by atoms with Crippen LogP contribution in [0.1, 0.15) is 284 Å². The van der Waals surface area contributed by atoms with E-state index >= 15 is 0 Å². The molecule has 70 heavy (non-hydrogen) atoms. The Labute approximate surface area is 435 Å². The van der Waals surface area contributed by atoms with Crippen LogP contribution in [0.25, 0.3) is 0 Å². The molecule has 0 spiro atoms. The van der Waals surface area contributed by atoms with Gasteiger partial charge in [-0.15, -0.1) is 0 Å². The van der Waals surface area contributed by atoms with Gasteiger partial charge in [-0.2, -0.15) is 0 Å². The van der Waals surface area contributed by atoms with Crippen LogP contribution >= 0.6 is 7.82 Å². The summed E-state index contributed by atoms with van der Waals surface area (Å²) in [5.41, 5.74) is 0. The van der Waals surface area contributed by atoms with E-state index in [0.29, 0.717) is 17.4 Å². The lowest BCUT2D eigenvalue weighted by atomic mass is 10.0. The lowest BCUT2D eigenvalue weighted by molar-refractivity contribution is -0.870. The molecule has 0 aromatic carbocycles. The number of amides is 1. The first kappa shape index (κ1) is 68.5. The number of allylic oxidation sites excluding steroid dienone is 7. The highest BCUT2D eigenvalue weighted by atomic mass is 31.2. The molecule has 0 heterocycles. The zero-order chi connectivity index (χ0) is 51.3. The maximum Gasteiger partial charge on any atom is 0.268 e. The van der Waals surface area contributed by atoms with E-state index in [0.717, 1.165) is 44.9 Å². The molecule has 412 valence electrons. The summed E-state index contributed by atoms with van der Waals surface area (Å²) in [4.78, 5) is 25.5. The molecule has 3 unspecified atom stereocenters. The van der Waals surface area contributed by atoms with E-state index in [-0.39, 0.29) is 12.5 Å². The molecule has 0 saturated carbocycles. The molecule has 0 rings (SSSR count). The highest BCUT2D eigenvalue weighted by molar-refractivity contribution is 7.45. The molecule has 0 aliphatic carbocycles. The van der Waals surface area contributed by atoms with Gasteiger partial charge in [0.25, 0.3) is 7.82 Å². The van der Waals surface area contributed by atoms with Crippen LogP contribution in [0.5, 0.6) is 0 Å². The van der Waals surface area contributed by atoms with Gasteiger partial charge >= 0.3 is 0 Å². The summed E-state index contributed by atoms with van der Waals surface area (Å²) in [5.74, 6) is -0.210. The van der Waals surface area contributed by atoms with Gasteiger partial charge in [-0.05, 0) is 70.6 Å². The summed E-state index contributed by atoms with van der Waals surface area (Å²) >= 11 is 0. The molecule has 0 aromatic heterocycles. The second-order valence-electron chi connectivity index (χ2n) is 21.7. The van der Waals surface area contributed by atoms with E-state index in [1.54, 1.807) is 6.08 Å². The molecule has 0 aliphatic rings. The number of hydrogen-bond donors (Lipinski definition) is 2. The number of rotatable bonds is 55. The number of likely N-dealkylation sites (N-methyl/N-ethyl adjacent to an activating group) is 1. The van der Waals surface area contributed by atoms with Crippen molar-refractivity contribution < 1.29 is 32.9 Å². The number of phosphoric acid groups is 1. The average Bonchev–Trinajstić information content (AvgIpc) is 3.32. The minimum Gasteiger partial charge on any atom is -0.756 e. The van der Waals surface area contributed by atoms with Gasteiger partial charge in [0.05, 0.1) is 39.9 Å². The molecule has 1 amide bonds. The molecule has 2 N–H and O–H groups in total. The van der Waals surface area contributed by atoms with Crippen molar-refractivity contribution in [2.75, 3.05) is 40.9 Å². The summed E-state index contributed by atoms with van der Waals surface area (Å²) in [5, 5.41) is 13.9. The first-order chi connectivity index (χ1) is 34.0. The van der Waals surface area contributed by atoms with Gasteiger partial charge in [-0.1, -0.05) is 255 Å². The molecule has 0 fully saturated rings. The Morgan fingerprint density at radius 1 is 0.486 bits per heavy atom. The SMILES string of the molecule is CCCCCCCCCCCCC/C=C/CC/C=C/CC/C=C/C(O)C(COP(=O)([O-])OCC[N+](C)(C)C)NC(=O)CCCCCCCCCCCCC/C=C\CCCCCCCCCCCCCC. The van der Waals surface area contributed by atoms with Crippen molar-refractivity contribution in [2.24, 2.45) is 0 Å². The number of hydrogen-bond acceptors (Lipinski definition) is 6. The Kier molecular flexibility index (Phi) is 51.2.